The average molecular weight is 915 g/mol. The first-order valence-corrected chi connectivity index (χ1v) is 23.1. The smallest absolute Gasteiger partial charge is 0.138 e. The Morgan fingerprint density at radius 1 is 0.292 bits per heavy atom. The summed E-state index contributed by atoms with van der Waals surface area (Å²) in [5.41, 5.74) is 16.5. The predicted molar refractivity (Wildman–Crippen MR) is 284 cm³/mol. The molecule has 0 saturated carbocycles. The van der Waals surface area contributed by atoms with Crippen LogP contribution in [0.5, 0.6) is 0 Å². The molecule has 8 nitrogen and oxygen atoms in total. The van der Waals surface area contributed by atoms with Gasteiger partial charge in [-0.2, -0.15) is 26.3 Å². The summed E-state index contributed by atoms with van der Waals surface area (Å²) < 4.78 is 4.40. The van der Waals surface area contributed by atoms with Crippen molar-refractivity contribution in [3.8, 4) is 97.5 Å². The summed E-state index contributed by atoms with van der Waals surface area (Å²) in [6.07, 6.45) is 1.92. The highest BCUT2D eigenvalue weighted by Gasteiger charge is 2.22. The molecule has 0 unspecified atom stereocenters. The normalized spacial score (nSPS) is 11.0. The standard InChI is InChI=1S/C64H34N8/c65-34-40-6-1-11-45(24-40)49-16-20-59-55(29-49)56-30-50(46-12-2-7-41(25-46)35-66)17-21-60(56)71(59)63-39-70-64(33-54(63)53-15-5-10-44(28-53)38-69)72-61-22-18-51(47-13-3-8-42(26-47)36-67)31-57(61)58-32-52(19-23-62(58)72)48-14-4-9-43(27-48)37-68/h1-33,39H. The lowest BCUT2D eigenvalue weighted by molar-refractivity contribution is 1.06. The Morgan fingerprint density at radius 3 is 0.917 bits per heavy atom. The van der Waals surface area contributed by atoms with Gasteiger partial charge in [0.05, 0.1) is 92.1 Å². The van der Waals surface area contributed by atoms with Crippen LogP contribution in [0, 0.1) is 56.7 Å². The van der Waals surface area contributed by atoms with Gasteiger partial charge in [-0.05, 0) is 165 Å². The third-order valence-corrected chi connectivity index (χ3v) is 13.5. The van der Waals surface area contributed by atoms with Crippen molar-refractivity contribution in [2.75, 3.05) is 0 Å². The fraction of sp³-hybridized carbons (Fsp3) is 0. The maximum Gasteiger partial charge on any atom is 0.138 e. The first kappa shape index (κ1) is 42.5. The molecule has 0 amide bonds. The molecule has 12 aromatic rings. The van der Waals surface area contributed by atoms with Crippen molar-refractivity contribution in [3.63, 3.8) is 0 Å². The molecule has 72 heavy (non-hydrogen) atoms. The maximum atomic E-state index is 10.2. The zero-order valence-electron chi connectivity index (χ0n) is 38.2. The van der Waals surface area contributed by atoms with E-state index >= 15 is 0 Å². The van der Waals surface area contributed by atoms with E-state index in [0.29, 0.717) is 33.6 Å². The molecular weight excluding hydrogens is 881 g/mol. The van der Waals surface area contributed by atoms with Crippen molar-refractivity contribution in [3.05, 3.63) is 234 Å². The second-order valence-corrected chi connectivity index (χ2v) is 17.6. The van der Waals surface area contributed by atoms with Crippen LogP contribution in [-0.2, 0) is 0 Å². The number of hydrogen-bond acceptors (Lipinski definition) is 6. The highest BCUT2D eigenvalue weighted by Crippen LogP contribution is 2.42. The summed E-state index contributed by atoms with van der Waals surface area (Å²) in [6, 6.07) is 77.1. The Morgan fingerprint density at radius 2 is 0.583 bits per heavy atom. The molecule has 12 rings (SSSR count). The summed E-state index contributed by atoms with van der Waals surface area (Å²) in [5, 5.41) is 53.3. The van der Waals surface area contributed by atoms with Gasteiger partial charge in [0.15, 0.2) is 0 Å². The van der Waals surface area contributed by atoms with Crippen LogP contribution in [0.15, 0.2) is 206 Å². The molecule has 0 N–H and O–H groups in total. The van der Waals surface area contributed by atoms with Crippen molar-refractivity contribution < 1.29 is 0 Å². The molecule has 330 valence electrons. The van der Waals surface area contributed by atoms with E-state index in [0.717, 1.165) is 105 Å². The Hall–Kier alpha value is -10.8. The number of hydrogen-bond donors (Lipinski definition) is 0. The predicted octanol–water partition coefficient (Wildman–Crippen LogP) is 15.0. The lowest BCUT2D eigenvalue weighted by atomic mass is 9.99. The second kappa shape index (κ2) is 17.4. The number of aromatic nitrogens is 3. The molecule has 0 fully saturated rings. The van der Waals surface area contributed by atoms with Crippen LogP contribution in [0.4, 0.5) is 0 Å². The van der Waals surface area contributed by atoms with Gasteiger partial charge in [-0.3, -0.25) is 4.57 Å². The van der Waals surface area contributed by atoms with Gasteiger partial charge < -0.3 is 4.57 Å². The van der Waals surface area contributed by atoms with Gasteiger partial charge in [0.1, 0.15) is 5.82 Å². The first-order chi connectivity index (χ1) is 35.4. The molecule has 3 heterocycles. The fourth-order valence-corrected chi connectivity index (χ4v) is 10.1. The molecule has 0 aliphatic heterocycles. The van der Waals surface area contributed by atoms with E-state index in [9.17, 15) is 26.3 Å². The van der Waals surface area contributed by atoms with Crippen LogP contribution in [0.1, 0.15) is 27.8 Å². The quantitative estimate of drug-likeness (QED) is 0.156. The SMILES string of the molecule is N#Cc1cccc(-c2ccc3c(c2)c2cc(-c4cccc(C#N)c4)ccc2n3-c2cc(-c3cccc(C#N)c3)c(-n3c4ccc(-c5cccc(C#N)c5)cc4c4cc(-c5cccc(C#N)c5)ccc43)cn2)c1. The van der Waals surface area contributed by atoms with Gasteiger partial charge >= 0.3 is 0 Å². The zero-order chi connectivity index (χ0) is 48.9. The highest BCUT2D eigenvalue weighted by atomic mass is 15.1. The second-order valence-electron chi connectivity index (χ2n) is 17.6. The fourth-order valence-electron chi connectivity index (χ4n) is 10.1. The van der Waals surface area contributed by atoms with Crippen LogP contribution in [0.3, 0.4) is 0 Å². The van der Waals surface area contributed by atoms with Crippen LogP contribution >= 0.6 is 0 Å². The van der Waals surface area contributed by atoms with Crippen molar-refractivity contribution in [2.24, 2.45) is 0 Å². The molecule has 0 aliphatic rings. The summed E-state index contributed by atoms with van der Waals surface area (Å²) >= 11 is 0. The van der Waals surface area contributed by atoms with Gasteiger partial charge in [0.2, 0.25) is 0 Å². The number of nitriles is 5. The van der Waals surface area contributed by atoms with Gasteiger partial charge in [0.25, 0.3) is 0 Å². The van der Waals surface area contributed by atoms with Gasteiger partial charge in [0, 0.05) is 27.1 Å². The number of nitrogens with zero attached hydrogens (tertiary/aromatic N) is 8. The van der Waals surface area contributed by atoms with Gasteiger partial charge in [-0.1, -0.05) is 84.9 Å². The Kier molecular flexibility index (Phi) is 10.3. The van der Waals surface area contributed by atoms with E-state index in [1.165, 1.54) is 0 Å². The topological polar surface area (TPSA) is 142 Å². The highest BCUT2D eigenvalue weighted by molar-refractivity contribution is 6.13. The largest absolute Gasteiger partial charge is 0.307 e. The maximum absolute atomic E-state index is 10.2. The van der Waals surface area contributed by atoms with Crippen molar-refractivity contribution in [2.45, 2.75) is 0 Å². The first-order valence-electron chi connectivity index (χ1n) is 23.1. The summed E-state index contributed by atoms with van der Waals surface area (Å²) in [5.74, 6) is 0.662. The molecule has 0 aliphatic carbocycles. The number of benzene rings is 9. The minimum absolute atomic E-state index is 0.519. The molecule has 9 aromatic carbocycles. The average Bonchev–Trinajstić information content (AvgIpc) is 3.96. The van der Waals surface area contributed by atoms with E-state index in [2.05, 4.69) is 118 Å². The minimum Gasteiger partial charge on any atom is -0.307 e. The van der Waals surface area contributed by atoms with Crippen LogP contribution in [0.25, 0.3) is 111 Å². The van der Waals surface area contributed by atoms with E-state index in [1.807, 2.05) is 97.2 Å². The van der Waals surface area contributed by atoms with E-state index in [1.54, 1.807) is 30.3 Å². The molecule has 0 radical (unpaired) electrons. The van der Waals surface area contributed by atoms with Gasteiger partial charge in [-0.15, -0.1) is 0 Å². The van der Waals surface area contributed by atoms with E-state index < -0.39 is 0 Å². The molecular formula is C64H34N8. The Bertz CT molecular complexity index is 4250. The molecule has 0 bridgehead atoms. The van der Waals surface area contributed by atoms with Crippen molar-refractivity contribution >= 4 is 43.6 Å². The minimum atomic E-state index is 0.519. The number of pyridine rings is 1. The summed E-state index contributed by atoms with van der Waals surface area (Å²) in [4.78, 5) is 5.34. The third-order valence-electron chi connectivity index (χ3n) is 13.5. The van der Waals surface area contributed by atoms with Gasteiger partial charge in [-0.25, -0.2) is 4.98 Å². The van der Waals surface area contributed by atoms with Crippen LogP contribution in [0.2, 0.25) is 0 Å². The number of fused-ring (bicyclic) bond motifs is 6. The lowest BCUT2D eigenvalue weighted by Crippen LogP contribution is -2.03. The third kappa shape index (κ3) is 7.25. The van der Waals surface area contributed by atoms with Crippen molar-refractivity contribution in [1.82, 2.24) is 14.1 Å². The van der Waals surface area contributed by atoms with E-state index in [-0.39, 0.29) is 0 Å². The monoisotopic (exact) mass is 914 g/mol. The summed E-state index contributed by atoms with van der Waals surface area (Å²) in [7, 11) is 0. The zero-order valence-corrected chi connectivity index (χ0v) is 38.2. The van der Waals surface area contributed by atoms with E-state index in [4.69, 9.17) is 4.98 Å². The molecule has 3 aromatic heterocycles. The molecule has 0 atom stereocenters. The molecule has 0 spiro atoms. The van der Waals surface area contributed by atoms with Crippen molar-refractivity contribution in [1.29, 1.82) is 26.3 Å². The van der Waals surface area contributed by atoms with Crippen LogP contribution < -0.4 is 0 Å². The molecule has 0 saturated heterocycles. The molecule has 8 heteroatoms. The number of rotatable bonds is 7. The summed E-state index contributed by atoms with van der Waals surface area (Å²) in [6.45, 7) is 0. The van der Waals surface area contributed by atoms with Crippen LogP contribution in [-0.4, -0.2) is 14.1 Å². The Balaban J connectivity index is 1.12. The lowest BCUT2D eigenvalue weighted by Gasteiger charge is -2.17. The Labute approximate surface area is 413 Å².